The van der Waals surface area contributed by atoms with Crippen LogP contribution in [0.1, 0.15) is 10.4 Å². The maximum absolute atomic E-state index is 13.0. The van der Waals surface area contributed by atoms with Crippen molar-refractivity contribution >= 4 is 27.5 Å². The largest absolute Gasteiger partial charge is 0.496 e. The van der Waals surface area contributed by atoms with E-state index in [0.717, 1.165) is 4.47 Å². The van der Waals surface area contributed by atoms with Crippen molar-refractivity contribution in [2.45, 2.75) is 0 Å². The van der Waals surface area contributed by atoms with Crippen molar-refractivity contribution in [3.63, 3.8) is 0 Å². The molecule has 0 bridgehead atoms. The van der Waals surface area contributed by atoms with Crippen molar-refractivity contribution in [2.75, 3.05) is 12.4 Å². The number of benzene rings is 2. The van der Waals surface area contributed by atoms with Gasteiger partial charge in [-0.05, 0) is 36.4 Å². The van der Waals surface area contributed by atoms with Gasteiger partial charge in [0.2, 0.25) is 0 Å². The number of carbonyl (C=O) groups excluding carboxylic acids is 1. The van der Waals surface area contributed by atoms with E-state index in [4.69, 9.17) is 4.74 Å². The summed E-state index contributed by atoms with van der Waals surface area (Å²) in [6.07, 6.45) is 0. The molecule has 0 saturated carbocycles. The van der Waals surface area contributed by atoms with Gasteiger partial charge in [-0.15, -0.1) is 0 Å². The third-order valence-electron chi connectivity index (χ3n) is 2.49. The average molecular weight is 324 g/mol. The minimum atomic E-state index is -0.402. The standard InChI is InChI=1S/C14H11BrFNO2/c1-19-13-7-9(15)5-6-12(13)14(18)17-11-4-2-3-10(16)8-11/h2-8H,1H3,(H,17,18). The van der Waals surface area contributed by atoms with Crippen molar-refractivity contribution in [3.05, 3.63) is 58.3 Å². The van der Waals surface area contributed by atoms with Crippen LogP contribution in [0.25, 0.3) is 0 Å². The molecule has 0 radical (unpaired) electrons. The van der Waals surface area contributed by atoms with Crippen LogP contribution in [0.5, 0.6) is 5.75 Å². The molecule has 1 N–H and O–H groups in total. The lowest BCUT2D eigenvalue weighted by molar-refractivity contribution is 0.102. The number of carbonyl (C=O) groups is 1. The zero-order valence-electron chi connectivity index (χ0n) is 10.1. The van der Waals surface area contributed by atoms with Gasteiger partial charge in [-0.2, -0.15) is 0 Å². The third-order valence-corrected chi connectivity index (χ3v) is 2.98. The number of amides is 1. The van der Waals surface area contributed by atoms with Crippen LogP contribution in [-0.2, 0) is 0 Å². The molecule has 0 unspecified atom stereocenters. The Hall–Kier alpha value is -1.88. The van der Waals surface area contributed by atoms with Gasteiger partial charge >= 0.3 is 0 Å². The fraction of sp³-hybridized carbons (Fsp3) is 0.0714. The first-order valence-electron chi connectivity index (χ1n) is 5.50. The molecule has 0 aliphatic heterocycles. The maximum Gasteiger partial charge on any atom is 0.259 e. The van der Waals surface area contributed by atoms with Crippen LogP contribution >= 0.6 is 15.9 Å². The Kier molecular flexibility index (Phi) is 4.16. The minimum Gasteiger partial charge on any atom is -0.496 e. The lowest BCUT2D eigenvalue weighted by atomic mass is 10.2. The van der Waals surface area contributed by atoms with Gasteiger partial charge in [0.15, 0.2) is 0 Å². The second-order valence-electron chi connectivity index (χ2n) is 3.81. The second-order valence-corrected chi connectivity index (χ2v) is 4.72. The van der Waals surface area contributed by atoms with Gasteiger partial charge in [0.1, 0.15) is 11.6 Å². The van der Waals surface area contributed by atoms with Crippen LogP contribution in [0.2, 0.25) is 0 Å². The Balaban J connectivity index is 2.25. The Morgan fingerprint density at radius 2 is 2.05 bits per heavy atom. The van der Waals surface area contributed by atoms with E-state index in [0.29, 0.717) is 17.0 Å². The number of hydrogen-bond donors (Lipinski definition) is 1. The lowest BCUT2D eigenvalue weighted by Gasteiger charge is -2.09. The summed E-state index contributed by atoms with van der Waals surface area (Å²) in [5.41, 5.74) is 0.782. The summed E-state index contributed by atoms with van der Waals surface area (Å²) in [6, 6.07) is 10.8. The molecule has 0 fully saturated rings. The molecule has 2 aromatic rings. The molecule has 98 valence electrons. The molecule has 0 atom stereocenters. The number of hydrogen-bond acceptors (Lipinski definition) is 2. The van der Waals surface area contributed by atoms with E-state index in [2.05, 4.69) is 21.2 Å². The minimum absolute atomic E-state index is 0.352. The third kappa shape index (κ3) is 3.32. The fourth-order valence-electron chi connectivity index (χ4n) is 1.62. The SMILES string of the molecule is COc1cc(Br)ccc1C(=O)Nc1cccc(F)c1. The predicted molar refractivity (Wildman–Crippen MR) is 75.0 cm³/mol. The summed E-state index contributed by atoms with van der Waals surface area (Å²) in [4.78, 5) is 12.1. The Labute approximate surface area is 118 Å². The first-order valence-corrected chi connectivity index (χ1v) is 6.30. The highest BCUT2D eigenvalue weighted by Crippen LogP contribution is 2.24. The Morgan fingerprint density at radius 1 is 1.26 bits per heavy atom. The van der Waals surface area contributed by atoms with Crippen LogP contribution in [0.15, 0.2) is 46.9 Å². The van der Waals surface area contributed by atoms with E-state index < -0.39 is 5.82 Å². The van der Waals surface area contributed by atoms with Gasteiger partial charge in [0, 0.05) is 10.2 Å². The molecule has 0 aliphatic rings. The average Bonchev–Trinajstić information content (AvgIpc) is 2.38. The van der Waals surface area contributed by atoms with E-state index in [9.17, 15) is 9.18 Å². The summed E-state index contributed by atoms with van der Waals surface area (Å²) < 4.78 is 19.0. The normalized spacial score (nSPS) is 10.1. The molecule has 2 rings (SSSR count). The van der Waals surface area contributed by atoms with Crippen molar-refractivity contribution in [1.29, 1.82) is 0 Å². The molecule has 2 aromatic carbocycles. The van der Waals surface area contributed by atoms with Crippen LogP contribution in [0.4, 0.5) is 10.1 Å². The molecule has 3 nitrogen and oxygen atoms in total. The molecule has 0 heterocycles. The molecule has 0 aliphatic carbocycles. The molecule has 0 aromatic heterocycles. The molecule has 19 heavy (non-hydrogen) atoms. The van der Waals surface area contributed by atoms with Gasteiger partial charge in [0.05, 0.1) is 12.7 Å². The number of anilines is 1. The molecule has 5 heteroatoms. The molecular formula is C14H11BrFNO2. The van der Waals surface area contributed by atoms with Crippen LogP contribution < -0.4 is 10.1 Å². The van der Waals surface area contributed by atoms with Gasteiger partial charge in [-0.3, -0.25) is 4.79 Å². The van der Waals surface area contributed by atoms with Crippen LogP contribution in [0, 0.1) is 5.82 Å². The van der Waals surface area contributed by atoms with Crippen molar-refractivity contribution < 1.29 is 13.9 Å². The lowest BCUT2D eigenvalue weighted by Crippen LogP contribution is -2.13. The van der Waals surface area contributed by atoms with Crippen molar-refractivity contribution in [2.24, 2.45) is 0 Å². The molecular weight excluding hydrogens is 313 g/mol. The fourth-order valence-corrected chi connectivity index (χ4v) is 1.96. The first-order chi connectivity index (χ1) is 9.10. The van der Waals surface area contributed by atoms with Crippen LogP contribution in [0.3, 0.4) is 0 Å². The smallest absolute Gasteiger partial charge is 0.259 e. The van der Waals surface area contributed by atoms with E-state index in [1.165, 1.54) is 25.3 Å². The summed E-state index contributed by atoms with van der Waals surface area (Å²) in [5, 5.41) is 2.62. The summed E-state index contributed by atoms with van der Waals surface area (Å²) in [5.74, 6) is -0.307. The summed E-state index contributed by atoms with van der Waals surface area (Å²) in [6.45, 7) is 0. The highest BCUT2D eigenvalue weighted by molar-refractivity contribution is 9.10. The highest BCUT2D eigenvalue weighted by atomic mass is 79.9. The topological polar surface area (TPSA) is 38.3 Å². The summed E-state index contributed by atoms with van der Waals surface area (Å²) >= 11 is 3.30. The zero-order valence-corrected chi connectivity index (χ0v) is 11.7. The molecule has 0 saturated heterocycles. The quantitative estimate of drug-likeness (QED) is 0.931. The Bertz CT molecular complexity index is 616. The van der Waals surface area contributed by atoms with Crippen molar-refractivity contribution in [3.8, 4) is 5.75 Å². The summed E-state index contributed by atoms with van der Waals surface area (Å²) in [7, 11) is 1.49. The Morgan fingerprint density at radius 3 is 2.74 bits per heavy atom. The highest BCUT2D eigenvalue weighted by Gasteiger charge is 2.12. The zero-order chi connectivity index (χ0) is 13.8. The molecule has 1 amide bonds. The van der Waals surface area contributed by atoms with Gasteiger partial charge in [0.25, 0.3) is 5.91 Å². The maximum atomic E-state index is 13.0. The number of nitrogens with one attached hydrogen (secondary N) is 1. The van der Waals surface area contributed by atoms with E-state index >= 15 is 0 Å². The van der Waals surface area contributed by atoms with Crippen molar-refractivity contribution in [1.82, 2.24) is 0 Å². The van der Waals surface area contributed by atoms with E-state index in [-0.39, 0.29) is 5.91 Å². The van der Waals surface area contributed by atoms with Crippen LogP contribution in [-0.4, -0.2) is 13.0 Å². The first kappa shape index (κ1) is 13.5. The number of ether oxygens (including phenoxy) is 1. The van der Waals surface area contributed by atoms with Gasteiger partial charge in [-0.1, -0.05) is 22.0 Å². The van der Waals surface area contributed by atoms with E-state index in [1.807, 2.05) is 0 Å². The molecule has 0 spiro atoms. The number of rotatable bonds is 3. The second kappa shape index (κ2) is 5.84. The monoisotopic (exact) mass is 323 g/mol. The number of halogens is 2. The number of methoxy groups -OCH3 is 1. The van der Waals surface area contributed by atoms with Gasteiger partial charge in [-0.25, -0.2) is 4.39 Å². The van der Waals surface area contributed by atoms with E-state index in [1.54, 1.807) is 24.3 Å². The predicted octanol–water partition coefficient (Wildman–Crippen LogP) is 3.85. The van der Waals surface area contributed by atoms with Gasteiger partial charge < -0.3 is 10.1 Å².